The van der Waals surface area contributed by atoms with Gasteiger partial charge < -0.3 is 19.3 Å². The molecule has 1 rings (SSSR count). The monoisotopic (exact) mass is 211 g/mol. The lowest BCUT2D eigenvalue weighted by molar-refractivity contribution is 0.144. The van der Waals surface area contributed by atoms with Gasteiger partial charge in [-0.2, -0.15) is 0 Å². The van der Waals surface area contributed by atoms with Crippen molar-refractivity contribution in [1.82, 2.24) is 0 Å². The van der Waals surface area contributed by atoms with Gasteiger partial charge in [-0.3, -0.25) is 0 Å². The first-order chi connectivity index (χ1) is 7.33. The van der Waals surface area contributed by atoms with Gasteiger partial charge in [0, 0.05) is 12.7 Å². The molecule has 0 spiro atoms. The Bertz CT molecular complexity index is 299. The number of rotatable bonds is 6. The number of ether oxygens (including phenoxy) is 3. The molecular weight excluding hydrogens is 196 g/mol. The molecule has 0 heterocycles. The molecule has 0 aliphatic heterocycles. The molecule has 15 heavy (non-hydrogen) atoms. The number of benzene rings is 1. The minimum Gasteiger partial charge on any atom is -0.492 e. The predicted molar refractivity (Wildman–Crippen MR) is 55.7 cm³/mol. The largest absolute Gasteiger partial charge is 0.492 e. The Morgan fingerprint density at radius 2 is 2.07 bits per heavy atom. The van der Waals surface area contributed by atoms with Crippen molar-refractivity contribution in [3.8, 4) is 11.5 Å². The van der Waals surface area contributed by atoms with Gasteiger partial charge in [-0.25, -0.2) is 0 Å². The molecule has 1 radical (unpaired) electrons. The van der Waals surface area contributed by atoms with Crippen molar-refractivity contribution in [2.45, 2.75) is 0 Å². The third-order valence-electron chi connectivity index (χ3n) is 1.90. The summed E-state index contributed by atoms with van der Waals surface area (Å²) < 4.78 is 15.4. The molecule has 0 fully saturated rings. The van der Waals surface area contributed by atoms with Crippen molar-refractivity contribution < 1.29 is 19.3 Å². The first-order valence-electron chi connectivity index (χ1n) is 4.59. The van der Waals surface area contributed by atoms with E-state index in [4.69, 9.17) is 19.3 Å². The van der Waals surface area contributed by atoms with Crippen LogP contribution < -0.4 is 9.47 Å². The average Bonchev–Trinajstić information content (AvgIpc) is 2.29. The van der Waals surface area contributed by atoms with Gasteiger partial charge in [0.25, 0.3) is 0 Å². The Balaban J connectivity index is 2.76. The van der Waals surface area contributed by atoms with Crippen molar-refractivity contribution in [3.63, 3.8) is 0 Å². The Hall–Kier alpha value is -1.26. The second kappa shape index (κ2) is 6.27. The molecule has 1 aromatic carbocycles. The summed E-state index contributed by atoms with van der Waals surface area (Å²) in [5.41, 5.74) is 0.590. The van der Waals surface area contributed by atoms with Crippen molar-refractivity contribution >= 4 is 0 Å². The maximum Gasteiger partial charge on any atom is 0.166 e. The Labute approximate surface area is 89.4 Å². The van der Waals surface area contributed by atoms with E-state index in [9.17, 15) is 0 Å². The molecular formula is C11H15O4. The van der Waals surface area contributed by atoms with Crippen LogP contribution in [0.15, 0.2) is 18.2 Å². The maximum atomic E-state index is 8.96. The molecule has 0 saturated carbocycles. The quantitative estimate of drug-likeness (QED) is 0.726. The molecule has 0 atom stereocenters. The smallest absolute Gasteiger partial charge is 0.166 e. The number of para-hydroxylation sites is 1. The molecule has 0 saturated heterocycles. The Morgan fingerprint density at radius 1 is 1.27 bits per heavy atom. The third kappa shape index (κ3) is 3.11. The summed E-state index contributed by atoms with van der Waals surface area (Å²) in [4.78, 5) is 0. The zero-order chi connectivity index (χ0) is 11.1. The fourth-order valence-corrected chi connectivity index (χ4v) is 1.20. The summed E-state index contributed by atoms with van der Waals surface area (Å²) in [6.45, 7) is 1.94. The van der Waals surface area contributed by atoms with Gasteiger partial charge in [0.1, 0.15) is 13.2 Å². The van der Waals surface area contributed by atoms with E-state index in [0.29, 0.717) is 30.3 Å². The Morgan fingerprint density at radius 3 is 2.67 bits per heavy atom. The maximum absolute atomic E-state index is 8.96. The van der Waals surface area contributed by atoms with Crippen LogP contribution in [-0.4, -0.2) is 32.5 Å². The summed E-state index contributed by atoms with van der Waals surface area (Å²) in [5.74, 6) is 1.12. The van der Waals surface area contributed by atoms with Crippen molar-refractivity contribution in [2.75, 3.05) is 27.4 Å². The number of methoxy groups -OCH3 is 2. The van der Waals surface area contributed by atoms with Gasteiger partial charge in [0.15, 0.2) is 11.5 Å². The molecule has 4 nitrogen and oxygen atoms in total. The molecule has 0 bridgehead atoms. The van der Waals surface area contributed by atoms with Gasteiger partial charge in [-0.15, -0.1) is 0 Å². The van der Waals surface area contributed by atoms with Crippen LogP contribution in [0.2, 0.25) is 0 Å². The highest BCUT2D eigenvalue weighted by atomic mass is 16.5. The second-order valence-electron chi connectivity index (χ2n) is 2.85. The number of aliphatic hydroxyl groups is 1. The minimum absolute atomic E-state index is 0.446. The van der Waals surface area contributed by atoms with Crippen LogP contribution in [0, 0.1) is 6.61 Å². The minimum atomic E-state index is 0.446. The van der Waals surface area contributed by atoms with Crippen molar-refractivity contribution in [2.24, 2.45) is 0 Å². The van der Waals surface area contributed by atoms with Crippen LogP contribution in [0.4, 0.5) is 0 Å². The van der Waals surface area contributed by atoms with E-state index in [1.165, 1.54) is 7.11 Å². The van der Waals surface area contributed by atoms with E-state index in [-0.39, 0.29) is 0 Å². The van der Waals surface area contributed by atoms with E-state index < -0.39 is 0 Å². The summed E-state index contributed by atoms with van der Waals surface area (Å²) >= 11 is 0. The van der Waals surface area contributed by atoms with Crippen LogP contribution in [0.25, 0.3) is 0 Å². The lowest BCUT2D eigenvalue weighted by atomic mass is 10.2. The topological polar surface area (TPSA) is 47.9 Å². The molecule has 1 aromatic rings. The lowest BCUT2D eigenvalue weighted by Gasteiger charge is -2.12. The van der Waals surface area contributed by atoms with Gasteiger partial charge in [-0.05, 0) is 6.07 Å². The summed E-state index contributed by atoms with van der Waals surface area (Å²) in [7, 11) is 3.14. The molecule has 0 aliphatic rings. The average molecular weight is 211 g/mol. The first-order valence-corrected chi connectivity index (χ1v) is 4.59. The van der Waals surface area contributed by atoms with E-state index in [1.807, 2.05) is 0 Å². The van der Waals surface area contributed by atoms with Crippen LogP contribution in [0.1, 0.15) is 5.56 Å². The third-order valence-corrected chi connectivity index (χ3v) is 1.90. The van der Waals surface area contributed by atoms with Gasteiger partial charge in [-0.1, -0.05) is 12.1 Å². The Kier molecular flexibility index (Phi) is 4.93. The second-order valence-corrected chi connectivity index (χ2v) is 2.85. The van der Waals surface area contributed by atoms with E-state index in [2.05, 4.69) is 0 Å². The van der Waals surface area contributed by atoms with Gasteiger partial charge in [0.2, 0.25) is 0 Å². The van der Waals surface area contributed by atoms with Crippen LogP contribution in [0.3, 0.4) is 0 Å². The standard InChI is InChI=1S/C11H15O4/c1-13-6-7-15-10-5-3-4-9(8-12)11(10)14-2/h3-5,8,12H,6-7H2,1-2H3. The molecule has 1 N–H and O–H groups in total. The summed E-state index contributed by atoms with van der Waals surface area (Å²) in [6, 6.07) is 5.30. The fraction of sp³-hybridized carbons (Fsp3) is 0.364. The highest BCUT2D eigenvalue weighted by Gasteiger charge is 2.09. The fourth-order valence-electron chi connectivity index (χ4n) is 1.20. The van der Waals surface area contributed by atoms with Crippen molar-refractivity contribution in [3.05, 3.63) is 30.4 Å². The molecule has 0 amide bonds. The zero-order valence-electron chi connectivity index (χ0n) is 8.90. The van der Waals surface area contributed by atoms with Crippen LogP contribution >= 0.6 is 0 Å². The highest BCUT2D eigenvalue weighted by Crippen LogP contribution is 2.31. The summed E-state index contributed by atoms with van der Waals surface area (Å²) in [6.07, 6.45) is 0. The van der Waals surface area contributed by atoms with E-state index in [1.54, 1.807) is 25.3 Å². The van der Waals surface area contributed by atoms with E-state index >= 15 is 0 Å². The predicted octanol–water partition coefficient (Wildman–Crippen LogP) is 1.60. The molecule has 4 heteroatoms. The van der Waals surface area contributed by atoms with Gasteiger partial charge >= 0.3 is 0 Å². The normalized spacial score (nSPS) is 10.1. The number of aliphatic hydroxyl groups excluding tert-OH is 1. The zero-order valence-corrected chi connectivity index (χ0v) is 8.90. The van der Waals surface area contributed by atoms with Crippen molar-refractivity contribution in [1.29, 1.82) is 0 Å². The highest BCUT2D eigenvalue weighted by molar-refractivity contribution is 5.48. The number of hydrogen-bond donors (Lipinski definition) is 1. The molecule has 0 aliphatic carbocycles. The first kappa shape index (κ1) is 11.8. The molecule has 83 valence electrons. The summed E-state index contributed by atoms with van der Waals surface area (Å²) in [5, 5.41) is 8.96. The lowest BCUT2D eigenvalue weighted by Crippen LogP contribution is -2.05. The SMILES string of the molecule is COCCOc1cccc([CH]O)c1OC. The van der Waals surface area contributed by atoms with Gasteiger partial charge in [0.05, 0.1) is 13.7 Å². The van der Waals surface area contributed by atoms with Crippen LogP contribution in [-0.2, 0) is 4.74 Å². The molecule has 0 aromatic heterocycles. The molecule has 0 unspecified atom stereocenters. The van der Waals surface area contributed by atoms with Crippen LogP contribution in [0.5, 0.6) is 11.5 Å². The number of hydrogen-bond acceptors (Lipinski definition) is 4. The van der Waals surface area contributed by atoms with E-state index in [0.717, 1.165) is 6.61 Å².